The Bertz CT molecular complexity index is 935. The molecule has 1 heterocycles. The Balaban J connectivity index is 1.68. The molecule has 4 rings (SSSR count). The van der Waals surface area contributed by atoms with E-state index in [-0.39, 0.29) is 5.78 Å². The molecule has 3 heteroatoms. The number of hydrogen-bond donors (Lipinski definition) is 0. The molecule has 0 saturated carbocycles. The van der Waals surface area contributed by atoms with Crippen LogP contribution in [0.2, 0.25) is 0 Å². The van der Waals surface area contributed by atoms with E-state index >= 15 is 0 Å². The van der Waals surface area contributed by atoms with Crippen molar-refractivity contribution < 1.29 is 4.79 Å². The Morgan fingerprint density at radius 2 is 1.79 bits per heavy atom. The third-order valence-electron chi connectivity index (χ3n) is 4.56. The fourth-order valence-electron chi connectivity index (χ4n) is 3.27. The molecule has 3 aromatic rings. The predicted molar refractivity (Wildman–Crippen MR) is 95.7 cm³/mol. The molecule has 0 amide bonds. The molecule has 1 aliphatic carbocycles. The van der Waals surface area contributed by atoms with E-state index in [0.29, 0.717) is 0 Å². The van der Waals surface area contributed by atoms with Crippen molar-refractivity contribution in [1.82, 2.24) is 9.78 Å². The highest BCUT2D eigenvalue weighted by Gasteiger charge is 2.24. The first kappa shape index (κ1) is 14.6. The van der Waals surface area contributed by atoms with Crippen LogP contribution in [0.1, 0.15) is 28.0 Å². The van der Waals surface area contributed by atoms with Gasteiger partial charge in [-0.1, -0.05) is 48.5 Å². The van der Waals surface area contributed by atoms with Gasteiger partial charge in [-0.3, -0.25) is 9.48 Å². The van der Waals surface area contributed by atoms with Crippen molar-refractivity contribution in [2.24, 2.45) is 7.05 Å². The van der Waals surface area contributed by atoms with Crippen molar-refractivity contribution in [2.45, 2.75) is 12.8 Å². The van der Waals surface area contributed by atoms with Crippen LogP contribution in [-0.2, 0) is 13.5 Å². The number of carbonyl (C=O) groups excluding carboxylic acids is 1. The quantitative estimate of drug-likeness (QED) is 0.661. The number of aryl methyl sites for hydroxylation is 1. The van der Waals surface area contributed by atoms with Gasteiger partial charge < -0.3 is 0 Å². The molecule has 2 aromatic carbocycles. The summed E-state index contributed by atoms with van der Waals surface area (Å²) in [6, 6.07) is 18.6. The molecule has 0 aliphatic heterocycles. The van der Waals surface area contributed by atoms with Gasteiger partial charge in [0.25, 0.3) is 0 Å². The first-order valence-electron chi connectivity index (χ1n) is 8.14. The highest BCUT2D eigenvalue weighted by atomic mass is 16.1. The van der Waals surface area contributed by atoms with E-state index in [1.807, 2.05) is 43.5 Å². The van der Waals surface area contributed by atoms with Gasteiger partial charge in [-0.25, -0.2) is 0 Å². The average molecular weight is 314 g/mol. The van der Waals surface area contributed by atoms with Crippen molar-refractivity contribution in [3.63, 3.8) is 0 Å². The topological polar surface area (TPSA) is 34.9 Å². The summed E-state index contributed by atoms with van der Waals surface area (Å²) in [6.07, 6.45) is 5.33. The molecule has 1 aromatic heterocycles. The van der Waals surface area contributed by atoms with Crippen LogP contribution in [0.4, 0.5) is 0 Å². The highest BCUT2D eigenvalue weighted by molar-refractivity contribution is 6.12. The van der Waals surface area contributed by atoms with Crippen LogP contribution >= 0.6 is 0 Å². The average Bonchev–Trinajstić information content (AvgIpc) is 3.00. The zero-order valence-corrected chi connectivity index (χ0v) is 13.6. The van der Waals surface area contributed by atoms with E-state index in [9.17, 15) is 4.79 Å². The number of hydrogen-bond acceptors (Lipinski definition) is 2. The molecule has 0 fully saturated rings. The lowest BCUT2D eigenvalue weighted by Gasteiger charge is -2.14. The van der Waals surface area contributed by atoms with Gasteiger partial charge in [-0.15, -0.1) is 0 Å². The van der Waals surface area contributed by atoms with Gasteiger partial charge in [0.1, 0.15) is 0 Å². The normalized spacial score (nSPS) is 15.5. The lowest BCUT2D eigenvalue weighted by Crippen LogP contribution is -2.14. The molecule has 0 saturated heterocycles. The second kappa shape index (κ2) is 5.93. The summed E-state index contributed by atoms with van der Waals surface area (Å²) in [5, 5.41) is 4.21. The zero-order chi connectivity index (χ0) is 16.5. The summed E-state index contributed by atoms with van der Waals surface area (Å²) in [6.45, 7) is 0. The van der Waals surface area contributed by atoms with Gasteiger partial charge in [0.15, 0.2) is 5.78 Å². The van der Waals surface area contributed by atoms with Crippen molar-refractivity contribution in [2.75, 3.05) is 0 Å². The molecule has 0 radical (unpaired) electrons. The Labute approximate surface area is 141 Å². The monoisotopic (exact) mass is 314 g/mol. The van der Waals surface area contributed by atoms with Crippen LogP contribution in [-0.4, -0.2) is 15.6 Å². The SMILES string of the molecule is Cn1ncc2c1CCC(=Cc1cccc(-c3ccccc3)c1)C2=O. The lowest BCUT2D eigenvalue weighted by atomic mass is 9.90. The van der Waals surface area contributed by atoms with Crippen LogP contribution in [0.3, 0.4) is 0 Å². The predicted octanol–water partition coefficient (Wildman–Crippen LogP) is 4.30. The second-order valence-corrected chi connectivity index (χ2v) is 6.12. The third-order valence-corrected chi connectivity index (χ3v) is 4.56. The summed E-state index contributed by atoms with van der Waals surface area (Å²) in [5.74, 6) is 0.106. The molecule has 0 spiro atoms. The molecule has 3 nitrogen and oxygen atoms in total. The minimum Gasteiger partial charge on any atom is -0.289 e. The van der Waals surface area contributed by atoms with E-state index in [1.165, 1.54) is 5.56 Å². The van der Waals surface area contributed by atoms with E-state index in [4.69, 9.17) is 0 Å². The highest BCUT2D eigenvalue weighted by Crippen LogP contribution is 2.27. The smallest absolute Gasteiger partial charge is 0.192 e. The van der Waals surface area contributed by atoms with Crippen molar-refractivity contribution >= 4 is 11.9 Å². The van der Waals surface area contributed by atoms with Crippen LogP contribution in [0, 0.1) is 0 Å². The fourth-order valence-corrected chi connectivity index (χ4v) is 3.27. The number of Topliss-reactive ketones (excluding diaryl/α,β-unsaturated/α-hetero) is 1. The summed E-state index contributed by atoms with van der Waals surface area (Å²) in [7, 11) is 1.89. The summed E-state index contributed by atoms with van der Waals surface area (Å²) < 4.78 is 1.81. The molecular weight excluding hydrogens is 296 g/mol. The van der Waals surface area contributed by atoms with Crippen LogP contribution in [0.25, 0.3) is 17.2 Å². The molecule has 0 unspecified atom stereocenters. The van der Waals surface area contributed by atoms with Gasteiger partial charge in [0.05, 0.1) is 11.8 Å². The minimum atomic E-state index is 0.106. The Morgan fingerprint density at radius 1 is 1.00 bits per heavy atom. The molecule has 118 valence electrons. The fraction of sp³-hybridized carbons (Fsp3) is 0.143. The largest absolute Gasteiger partial charge is 0.289 e. The van der Waals surface area contributed by atoms with Crippen LogP contribution < -0.4 is 0 Å². The lowest BCUT2D eigenvalue weighted by molar-refractivity contribution is 0.102. The van der Waals surface area contributed by atoms with Crippen LogP contribution in [0.15, 0.2) is 66.4 Å². The number of rotatable bonds is 2. The summed E-state index contributed by atoms with van der Waals surface area (Å²) >= 11 is 0. The Hall–Kier alpha value is -2.94. The maximum atomic E-state index is 12.7. The second-order valence-electron chi connectivity index (χ2n) is 6.12. The number of allylic oxidation sites excluding steroid dienone is 1. The number of nitrogens with zero attached hydrogens (tertiary/aromatic N) is 2. The molecule has 0 atom stereocenters. The van der Waals surface area contributed by atoms with Crippen molar-refractivity contribution in [3.8, 4) is 11.1 Å². The van der Waals surface area contributed by atoms with Crippen molar-refractivity contribution in [3.05, 3.63) is 83.2 Å². The van der Waals surface area contributed by atoms with Gasteiger partial charge in [0.2, 0.25) is 0 Å². The number of benzene rings is 2. The Kier molecular flexibility index (Phi) is 3.62. The first-order valence-corrected chi connectivity index (χ1v) is 8.14. The van der Waals surface area contributed by atoms with Crippen molar-refractivity contribution in [1.29, 1.82) is 0 Å². The number of fused-ring (bicyclic) bond motifs is 1. The molecule has 1 aliphatic rings. The van der Waals surface area contributed by atoms with E-state index in [0.717, 1.165) is 40.8 Å². The van der Waals surface area contributed by atoms with E-state index in [1.54, 1.807) is 10.9 Å². The van der Waals surface area contributed by atoms with Gasteiger partial charge >= 0.3 is 0 Å². The van der Waals surface area contributed by atoms with E-state index < -0.39 is 0 Å². The van der Waals surface area contributed by atoms with Gasteiger partial charge in [-0.2, -0.15) is 5.10 Å². The number of ketones is 1. The Morgan fingerprint density at radius 3 is 2.62 bits per heavy atom. The third kappa shape index (κ3) is 2.58. The minimum absolute atomic E-state index is 0.106. The maximum Gasteiger partial charge on any atom is 0.192 e. The summed E-state index contributed by atoms with van der Waals surface area (Å²) in [5.41, 5.74) is 6.05. The summed E-state index contributed by atoms with van der Waals surface area (Å²) in [4.78, 5) is 12.7. The van der Waals surface area contributed by atoms with Gasteiger partial charge in [-0.05, 0) is 41.7 Å². The molecule has 0 bridgehead atoms. The zero-order valence-electron chi connectivity index (χ0n) is 13.6. The molecular formula is C21H18N2O. The number of carbonyl (C=O) groups is 1. The molecule has 24 heavy (non-hydrogen) atoms. The van der Waals surface area contributed by atoms with E-state index in [2.05, 4.69) is 29.4 Å². The standard InChI is InChI=1S/C21H18N2O/c1-23-20-11-10-18(21(24)19(20)14-22-23)13-15-6-5-9-17(12-15)16-7-3-2-4-8-16/h2-9,12-14H,10-11H2,1H3. The molecule has 0 N–H and O–H groups in total. The number of aromatic nitrogens is 2. The maximum absolute atomic E-state index is 12.7. The van der Waals surface area contributed by atoms with Crippen LogP contribution in [0.5, 0.6) is 0 Å². The van der Waals surface area contributed by atoms with Gasteiger partial charge in [0, 0.05) is 18.3 Å². The first-order chi connectivity index (χ1) is 11.7.